The average molecular weight is 325 g/mol. The Labute approximate surface area is 138 Å². The van der Waals surface area contributed by atoms with E-state index in [9.17, 15) is 4.39 Å². The molecule has 5 heteroatoms. The molecule has 116 valence electrons. The summed E-state index contributed by atoms with van der Waals surface area (Å²) in [7, 11) is 0. The molecule has 23 heavy (non-hydrogen) atoms. The van der Waals surface area contributed by atoms with Gasteiger partial charge in [0.05, 0.1) is 10.6 Å². The number of hydrogen-bond acceptors (Lipinski definition) is 4. The first-order valence-corrected chi connectivity index (χ1v) is 8.52. The van der Waals surface area contributed by atoms with E-state index in [-0.39, 0.29) is 5.82 Å². The summed E-state index contributed by atoms with van der Waals surface area (Å²) in [6.07, 6.45) is 2.80. The molecule has 0 saturated heterocycles. The SMILES string of the molecule is Fc1ccccc1CN1CCc2nc(-c3cccs3)ncc2C1. The molecule has 3 heterocycles. The average Bonchev–Trinajstić information content (AvgIpc) is 3.11. The normalized spacial score (nSPS) is 14.7. The maximum Gasteiger partial charge on any atom is 0.169 e. The van der Waals surface area contributed by atoms with Gasteiger partial charge in [-0.05, 0) is 17.5 Å². The fraction of sp³-hybridized carbons (Fsp3) is 0.222. The summed E-state index contributed by atoms with van der Waals surface area (Å²) in [4.78, 5) is 12.5. The van der Waals surface area contributed by atoms with Gasteiger partial charge in [-0.2, -0.15) is 0 Å². The van der Waals surface area contributed by atoms with Crippen LogP contribution in [0.1, 0.15) is 16.8 Å². The van der Waals surface area contributed by atoms with Crippen LogP contribution in [0.2, 0.25) is 0 Å². The molecule has 2 aromatic heterocycles. The van der Waals surface area contributed by atoms with Crippen molar-refractivity contribution in [3.05, 3.63) is 70.6 Å². The number of rotatable bonds is 3. The first-order chi connectivity index (χ1) is 11.3. The molecule has 0 N–H and O–H groups in total. The molecular weight excluding hydrogens is 309 g/mol. The van der Waals surface area contributed by atoms with Crippen molar-refractivity contribution in [2.75, 3.05) is 6.54 Å². The summed E-state index contributed by atoms with van der Waals surface area (Å²) in [5, 5.41) is 2.04. The predicted octanol–water partition coefficient (Wildman–Crippen LogP) is 3.90. The molecule has 0 amide bonds. The van der Waals surface area contributed by atoms with Crippen LogP contribution in [-0.4, -0.2) is 21.4 Å². The van der Waals surface area contributed by atoms with Crippen molar-refractivity contribution in [3.8, 4) is 10.7 Å². The van der Waals surface area contributed by atoms with Crippen molar-refractivity contribution in [1.82, 2.24) is 14.9 Å². The van der Waals surface area contributed by atoms with E-state index in [4.69, 9.17) is 4.98 Å². The van der Waals surface area contributed by atoms with Crippen LogP contribution < -0.4 is 0 Å². The van der Waals surface area contributed by atoms with Gasteiger partial charge in [0.25, 0.3) is 0 Å². The summed E-state index contributed by atoms with van der Waals surface area (Å²) in [5.41, 5.74) is 3.01. The van der Waals surface area contributed by atoms with Crippen LogP contribution in [0, 0.1) is 5.82 Å². The highest BCUT2D eigenvalue weighted by Crippen LogP contribution is 2.25. The van der Waals surface area contributed by atoms with E-state index in [1.807, 2.05) is 35.8 Å². The van der Waals surface area contributed by atoms with E-state index in [1.54, 1.807) is 17.4 Å². The third-order valence-electron chi connectivity index (χ3n) is 4.11. The second kappa shape index (κ2) is 6.18. The second-order valence-electron chi connectivity index (χ2n) is 5.69. The van der Waals surface area contributed by atoms with Gasteiger partial charge in [0.15, 0.2) is 5.82 Å². The smallest absolute Gasteiger partial charge is 0.169 e. The van der Waals surface area contributed by atoms with Crippen molar-refractivity contribution in [2.24, 2.45) is 0 Å². The molecule has 0 unspecified atom stereocenters. The van der Waals surface area contributed by atoms with E-state index in [0.29, 0.717) is 6.54 Å². The fourth-order valence-electron chi connectivity index (χ4n) is 2.90. The summed E-state index contributed by atoms with van der Waals surface area (Å²) in [5.74, 6) is 0.670. The van der Waals surface area contributed by atoms with Gasteiger partial charge in [-0.25, -0.2) is 14.4 Å². The Hall–Kier alpha value is -2.11. The number of halogens is 1. The Morgan fingerprint density at radius 3 is 2.91 bits per heavy atom. The summed E-state index contributed by atoms with van der Waals surface area (Å²) < 4.78 is 13.8. The molecule has 3 aromatic rings. The molecule has 0 spiro atoms. The van der Waals surface area contributed by atoms with E-state index in [2.05, 4.69) is 9.88 Å². The molecule has 3 nitrogen and oxygen atoms in total. The lowest BCUT2D eigenvalue weighted by molar-refractivity contribution is 0.239. The number of nitrogens with zero attached hydrogens (tertiary/aromatic N) is 3. The van der Waals surface area contributed by atoms with E-state index < -0.39 is 0 Å². The molecule has 4 rings (SSSR count). The molecule has 0 bridgehead atoms. The van der Waals surface area contributed by atoms with E-state index in [0.717, 1.165) is 47.0 Å². The second-order valence-corrected chi connectivity index (χ2v) is 6.64. The third-order valence-corrected chi connectivity index (χ3v) is 4.97. The molecule has 0 fully saturated rings. The topological polar surface area (TPSA) is 29.0 Å². The maximum absolute atomic E-state index is 13.8. The number of thiophene rings is 1. The molecule has 0 aliphatic carbocycles. The fourth-order valence-corrected chi connectivity index (χ4v) is 3.57. The van der Waals surface area contributed by atoms with Crippen molar-refractivity contribution in [3.63, 3.8) is 0 Å². The number of hydrogen-bond donors (Lipinski definition) is 0. The first-order valence-electron chi connectivity index (χ1n) is 7.64. The Bertz CT molecular complexity index is 817. The zero-order valence-electron chi connectivity index (χ0n) is 12.6. The summed E-state index contributed by atoms with van der Waals surface area (Å²) in [6, 6.07) is 11.0. The van der Waals surface area contributed by atoms with Gasteiger partial charge in [0.2, 0.25) is 0 Å². The van der Waals surface area contributed by atoms with E-state index in [1.165, 1.54) is 6.07 Å². The third kappa shape index (κ3) is 3.02. The van der Waals surface area contributed by atoms with E-state index >= 15 is 0 Å². The van der Waals surface area contributed by atoms with Crippen LogP contribution in [0.4, 0.5) is 4.39 Å². The van der Waals surface area contributed by atoms with Gasteiger partial charge in [-0.1, -0.05) is 24.3 Å². The Kier molecular flexibility index (Phi) is 3.89. The number of fused-ring (bicyclic) bond motifs is 1. The minimum absolute atomic E-state index is 0.136. The minimum Gasteiger partial charge on any atom is -0.294 e. The van der Waals surface area contributed by atoms with Crippen molar-refractivity contribution < 1.29 is 4.39 Å². The lowest BCUT2D eigenvalue weighted by Crippen LogP contribution is -2.31. The van der Waals surface area contributed by atoms with Gasteiger partial charge in [0, 0.05) is 43.4 Å². The van der Waals surface area contributed by atoms with Crippen LogP contribution in [0.15, 0.2) is 48.0 Å². The Balaban J connectivity index is 1.53. The largest absolute Gasteiger partial charge is 0.294 e. The Morgan fingerprint density at radius 2 is 2.09 bits per heavy atom. The molecule has 1 aliphatic heterocycles. The minimum atomic E-state index is -0.136. The molecule has 0 saturated carbocycles. The molecular formula is C18H16FN3S. The highest BCUT2D eigenvalue weighted by Gasteiger charge is 2.19. The lowest BCUT2D eigenvalue weighted by Gasteiger charge is -2.28. The van der Waals surface area contributed by atoms with Crippen LogP contribution in [0.5, 0.6) is 0 Å². The lowest BCUT2D eigenvalue weighted by atomic mass is 10.1. The highest BCUT2D eigenvalue weighted by molar-refractivity contribution is 7.13. The molecule has 0 atom stereocenters. The first kappa shape index (κ1) is 14.5. The van der Waals surface area contributed by atoms with Gasteiger partial charge >= 0.3 is 0 Å². The van der Waals surface area contributed by atoms with Crippen LogP contribution in [0.3, 0.4) is 0 Å². The summed E-state index contributed by atoms with van der Waals surface area (Å²) in [6.45, 7) is 2.29. The van der Waals surface area contributed by atoms with Crippen molar-refractivity contribution in [2.45, 2.75) is 19.5 Å². The van der Waals surface area contributed by atoms with Crippen LogP contribution >= 0.6 is 11.3 Å². The van der Waals surface area contributed by atoms with Gasteiger partial charge in [-0.15, -0.1) is 11.3 Å². The quantitative estimate of drug-likeness (QED) is 0.731. The highest BCUT2D eigenvalue weighted by atomic mass is 32.1. The van der Waals surface area contributed by atoms with Crippen molar-refractivity contribution in [1.29, 1.82) is 0 Å². The number of benzene rings is 1. The van der Waals surface area contributed by atoms with Gasteiger partial charge in [0.1, 0.15) is 5.82 Å². The molecule has 0 radical (unpaired) electrons. The maximum atomic E-state index is 13.8. The predicted molar refractivity (Wildman–Crippen MR) is 89.6 cm³/mol. The van der Waals surface area contributed by atoms with Gasteiger partial charge in [-0.3, -0.25) is 4.90 Å². The zero-order valence-corrected chi connectivity index (χ0v) is 13.4. The van der Waals surface area contributed by atoms with Crippen molar-refractivity contribution >= 4 is 11.3 Å². The summed E-state index contributed by atoms with van der Waals surface area (Å²) >= 11 is 1.65. The van der Waals surface area contributed by atoms with Crippen LogP contribution in [-0.2, 0) is 19.5 Å². The Morgan fingerprint density at radius 1 is 1.17 bits per heavy atom. The van der Waals surface area contributed by atoms with Crippen LogP contribution in [0.25, 0.3) is 10.7 Å². The standard InChI is InChI=1S/C18H16FN3S/c19-15-5-2-1-4-13(15)11-22-8-7-16-14(12-22)10-20-18(21-16)17-6-3-9-23-17/h1-6,9-10H,7-8,11-12H2. The zero-order chi connectivity index (χ0) is 15.6. The molecule has 1 aliphatic rings. The molecule has 1 aromatic carbocycles. The van der Waals surface area contributed by atoms with Gasteiger partial charge < -0.3 is 0 Å². The monoisotopic (exact) mass is 325 g/mol. The number of aromatic nitrogens is 2.